The quantitative estimate of drug-likeness (QED) is 0.226. The maximum absolute atomic E-state index is 12.8. The number of hydrogen-bond donors (Lipinski definition) is 2. The van der Waals surface area contributed by atoms with Crippen molar-refractivity contribution in [1.82, 2.24) is 5.32 Å². The highest BCUT2D eigenvalue weighted by Gasteiger charge is 2.15. The van der Waals surface area contributed by atoms with Gasteiger partial charge < -0.3 is 14.8 Å². The number of hydrogen-bond acceptors (Lipinski definition) is 4. The fourth-order valence-corrected chi connectivity index (χ4v) is 3.21. The molecule has 0 aliphatic heterocycles. The number of anilines is 1. The van der Waals surface area contributed by atoms with Crippen LogP contribution >= 0.6 is 28.1 Å². The zero-order chi connectivity index (χ0) is 21.8. The zero-order valence-electron chi connectivity index (χ0n) is 17.1. The SMILES string of the molecule is C=CCOc1ccc(NC(=S)NC(=O)c2cc(Br)ccc2OCCCCCC)cc1. The van der Waals surface area contributed by atoms with Crippen LogP contribution in [-0.2, 0) is 0 Å². The summed E-state index contributed by atoms with van der Waals surface area (Å²) in [7, 11) is 0. The lowest BCUT2D eigenvalue weighted by molar-refractivity contribution is 0.0973. The van der Waals surface area contributed by atoms with E-state index < -0.39 is 0 Å². The van der Waals surface area contributed by atoms with Crippen molar-refractivity contribution in [3.05, 3.63) is 65.2 Å². The van der Waals surface area contributed by atoms with Gasteiger partial charge in [0.1, 0.15) is 18.1 Å². The van der Waals surface area contributed by atoms with Crippen LogP contribution in [0.4, 0.5) is 5.69 Å². The first-order chi connectivity index (χ1) is 14.5. The smallest absolute Gasteiger partial charge is 0.261 e. The summed E-state index contributed by atoms with van der Waals surface area (Å²) >= 11 is 8.70. The molecule has 2 aromatic rings. The van der Waals surface area contributed by atoms with Gasteiger partial charge in [-0.2, -0.15) is 0 Å². The predicted octanol–water partition coefficient (Wildman–Crippen LogP) is 6.10. The van der Waals surface area contributed by atoms with Gasteiger partial charge in [0.15, 0.2) is 5.11 Å². The first kappa shape index (κ1) is 23.9. The molecule has 7 heteroatoms. The third-order valence-electron chi connectivity index (χ3n) is 4.15. The number of amides is 1. The average Bonchev–Trinajstić information content (AvgIpc) is 2.73. The average molecular weight is 491 g/mol. The molecule has 2 aromatic carbocycles. The van der Waals surface area contributed by atoms with Crippen LogP contribution in [0.3, 0.4) is 0 Å². The molecule has 0 unspecified atom stereocenters. The molecule has 0 aliphatic carbocycles. The number of benzene rings is 2. The fourth-order valence-electron chi connectivity index (χ4n) is 2.64. The van der Waals surface area contributed by atoms with Crippen LogP contribution in [0.25, 0.3) is 0 Å². The highest BCUT2D eigenvalue weighted by atomic mass is 79.9. The number of carbonyl (C=O) groups is 1. The lowest BCUT2D eigenvalue weighted by atomic mass is 10.2. The van der Waals surface area contributed by atoms with Crippen LogP contribution in [0, 0.1) is 0 Å². The van der Waals surface area contributed by atoms with Crippen LogP contribution in [0.15, 0.2) is 59.6 Å². The van der Waals surface area contributed by atoms with Gasteiger partial charge in [0.05, 0.1) is 12.2 Å². The Balaban J connectivity index is 1.94. The van der Waals surface area contributed by atoms with Crippen molar-refractivity contribution in [2.45, 2.75) is 32.6 Å². The second-order valence-corrected chi connectivity index (χ2v) is 7.91. The molecule has 1 amide bonds. The van der Waals surface area contributed by atoms with Crippen LogP contribution in [0.2, 0.25) is 0 Å². The largest absolute Gasteiger partial charge is 0.493 e. The zero-order valence-corrected chi connectivity index (χ0v) is 19.5. The number of nitrogens with one attached hydrogen (secondary N) is 2. The number of carbonyl (C=O) groups excluding carboxylic acids is 1. The van der Waals surface area contributed by atoms with Crippen LogP contribution in [0.1, 0.15) is 43.0 Å². The van der Waals surface area contributed by atoms with Crippen molar-refractivity contribution >= 4 is 44.9 Å². The third-order valence-corrected chi connectivity index (χ3v) is 4.85. The summed E-state index contributed by atoms with van der Waals surface area (Å²) in [6.45, 7) is 6.80. The number of rotatable bonds is 11. The van der Waals surface area contributed by atoms with E-state index >= 15 is 0 Å². The standard InChI is InChI=1S/C23H27BrN2O3S/c1-3-5-6-7-15-29-21-13-8-17(24)16-20(21)22(27)26-23(30)25-18-9-11-19(12-10-18)28-14-4-2/h4,8-13,16H,2-3,5-7,14-15H2,1H3,(H2,25,26,27,30). The normalized spacial score (nSPS) is 10.2. The summed E-state index contributed by atoms with van der Waals surface area (Å²) in [6.07, 6.45) is 6.10. The maximum atomic E-state index is 12.8. The molecule has 0 saturated carbocycles. The van der Waals surface area contributed by atoms with Gasteiger partial charge in [-0.3, -0.25) is 10.1 Å². The van der Waals surface area contributed by atoms with E-state index in [2.05, 4.69) is 40.1 Å². The van der Waals surface area contributed by atoms with Gasteiger partial charge >= 0.3 is 0 Å². The Labute approximate surface area is 192 Å². The second kappa shape index (κ2) is 13.0. The molecule has 160 valence electrons. The summed E-state index contributed by atoms with van der Waals surface area (Å²) in [6, 6.07) is 12.6. The van der Waals surface area contributed by atoms with E-state index in [0.717, 1.165) is 28.8 Å². The second-order valence-electron chi connectivity index (χ2n) is 6.58. The molecule has 0 aliphatic rings. The van der Waals surface area contributed by atoms with Crippen molar-refractivity contribution in [2.24, 2.45) is 0 Å². The van der Waals surface area contributed by atoms with Gasteiger partial charge in [0.2, 0.25) is 0 Å². The molecule has 2 N–H and O–H groups in total. The molecule has 5 nitrogen and oxygen atoms in total. The Hall–Kier alpha value is -2.38. The van der Waals surface area contributed by atoms with E-state index in [1.165, 1.54) is 12.8 Å². The molecule has 30 heavy (non-hydrogen) atoms. The first-order valence-electron chi connectivity index (χ1n) is 9.92. The summed E-state index contributed by atoms with van der Waals surface area (Å²) in [5.74, 6) is 0.937. The molecule has 2 rings (SSSR count). The summed E-state index contributed by atoms with van der Waals surface area (Å²) in [5.41, 5.74) is 1.17. The van der Waals surface area contributed by atoms with Gasteiger partial charge in [0.25, 0.3) is 5.91 Å². The lowest BCUT2D eigenvalue weighted by Crippen LogP contribution is -2.34. The maximum Gasteiger partial charge on any atom is 0.261 e. The predicted molar refractivity (Wildman–Crippen MR) is 130 cm³/mol. The molecule has 0 saturated heterocycles. The number of thiocarbonyl (C=S) groups is 1. The minimum atomic E-state index is -0.330. The van der Waals surface area contributed by atoms with Crippen molar-refractivity contribution in [2.75, 3.05) is 18.5 Å². The minimum Gasteiger partial charge on any atom is -0.493 e. The molecule has 0 heterocycles. The Morgan fingerprint density at radius 3 is 2.60 bits per heavy atom. The van der Waals surface area contributed by atoms with E-state index in [1.54, 1.807) is 18.2 Å². The van der Waals surface area contributed by atoms with Gasteiger partial charge in [-0.15, -0.1) is 0 Å². The monoisotopic (exact) mass is 490 g/mol. The van der Waals surface area contributed by atoms with Gasteiger partial charge in [-0.25, -0.2) is 0 Å². The number of unbranched alkanes of at least 4 members (excludes halogenated alkanes) is 3. The van der Waals surface area contributed by atoms with Crippen molar-refractivity contribution < 1.29 is 14.3 Å². The van der Waals surface area contributed by atoms with E-state index in [-0.39, 0.29) is 11.0 Å². The van der Waals surface area contributed by atoms with E-state index in [0.29, 0.717) is 24.5 Å². The molecular weight excluding hydrogens is 464 g/mol. The molecule has 0 radical (unpaired) electrons. The van der Waals surface area contributed by atoms with E-state index in [9.17, 15) is 4.79 Å². The topological polar surface area (TPSA) is 59.6 Å². The fraction of sp³-hybridized carbons (Fsp3) is 0.304. The molecular formula is C23H27BrN2O3S. The van der Waals surface area contributed by atoms with Crippen LogP contribution < -0.4 is 20.1 Å². The lowest BCUT2D eigenvalue weighted by Gasteiger charge is -2.14. The van der Waals surface area contributed by atoms with Gasteiger partial charge in [-0.05, 0) is 61.1 Å². The highest BCUT2D eigenvalue weighted by Crippen LogP contribution is 2.24. The Kier molecular flexibility index (Phi) is 10.4. The summed E-state index contributed by atoms with van der Waals surface area (Å²) < 4.78 is 12.1. The molecule has 0 fully saturated rings. The third kappa shape index (κ3) is 8.16. The number of ether oxygens (including phenoxy) is 2. The summed E-state index contributed by atoms with van der Waals surface area (Å²) in [4.78, 5) is 12.8. The van der Waals surface area contributed by atoms with Crippen LogP contribution in [0.5, 0.6) is 11.5 Å². The van der Waals surface area contributed by atoms with E-state index in [1.807, 2.05) is 30.3 Å². The minimum absolute atomic E-state index is 0.202. The molecule has 0 aromatic heterocycles. The number of halogens is 1. The molecule has 0 bridgehead atoms. The van der Waals surface area contributed by atoms with Crippen molar-refractivity contribution in [1.29, 1.82) is 0 Å². The van der Waals surface area contributed by atoms with Crippen LogP contribution in [-0.4, -0.2) is 24.2 Å². The van der Waals surface area contributed by atoms with E-state index in [4.69, 9.17) is 21.7 Å². The van der Waals surface area contributed by atoms with Gasteiger partial charge in [-0.1, -0.05) is 54.8 Å². The highest BCUT2D eigenvalue weighted by molar-refractivity contribution is 9.10. The van der Waals surface area contributed by atoms with Gasteiger partial charge in [0, 0.05) is 10.2 Å². The molecule has 0 spiro atoms. The Morgan fingerprint density at radius 2 is 1.90 bits per heavy atom. The Bertz CT molecular complexity index is 856. The summed E-state index contributed by atoms with van der Waals surface area (Å²) in [5, 5.41) is 5.91. The van der Waals surface area contributed by atoms with Crippen molar-refractivity contribution in [3.63, 3.8) is 0 Å². The van der Waals surface area contributed by atoms with Crippen molar-refractivity contribution in [3.8, 4) is 11.5 Å². The molecule has 0 atom stereocenters. The first-order valence-corrected chi connectivity index (χ1v) is 11.1. The Morgan fingerprint density at radius 1 is 1.13 bits per heavy atom.